The van der Waals surface area contributed by atoms with Gasteiger partial charge in [-0.15, -0.1) is 0 Å². The van der Waals surface area contributed by atoms with Gasteiger partial charge < -0.3 is 19.5 Å². The zero-order valence-electron chi connectivity index (χ0n) is 17.4. The van der Waals surface area contributed by atoms with Crippen LogP contribution in [0.25, 0.3) is 6.08 Å². The van der Waals surface area contributed by atoms with Gasteiger partial charge in [0.05, 0.1) is 36.4 Å². The van der Waals surface area contributed by atoms with Gasteiger partial charge in [-0.05, 0) is 38.3 Å². The van der Waals surface area contributed by atoms with Crippen LogP contribution in [0.15, 0.2) is 18.2 Å². The quantitative estimate of drug-likeness (QED) is 0.350. The first-order valence-corrected chi connectivity index (χ1v) is 9.10. The molecular weight excluding hydrogens is 364 g/mol. The van der Waals surface area contributed by atoms with Crippen molar-refractivity contribution in [2.24, 2.45) is 5.92 Å². The summed E-state index contributed by atoms with van der Waals surface area (Å²) >= 11 is 0. The molecule has 1 aromatic rings. The zero-order chi connectivity index (χ0) is 21.3. The van der Waals surface area contributed by atoms with Crippen molar-refractivity contribution in [3.63, 3.8) is 0 Å². The van der Waals surface area contributed by atoms with Gasteiger partial charge in [0, 0.05) is 19.2 Å². The lowest BCUT2D eigenvalue weighted by atomic mass is 10.1. The third-order valence-corrected chi connectivity index (χ3v) is 4.02. The number of hydrogen-bond acceptors (Lipinski definition) is 6. The summed E-state index contributed by atoms with van der Waals surface area (Å²) in [6.07, 6.45) is 3.57. The van der Waals surface area contributed by atoms with E-state index in [1.165, 1.54) is 38.5 Å². The van der Waals surface area contributed by atoms with Crippen LogP contribution >= 0.6 is 0 Å². The zero-order valence-corrected chi connectivity index (χ0v) is 17.4. The fourth-order valence-corrected chi connectivity index (χ4v) is 2.32. The Bertz CT molecular complexity index is 713. The Morgan fingerprint density at radius 2 is 1.86 bits per heavy atom. The fraction of sp³-hybridized carbons (Fsp3) is 0.550. The number of benzene rings is 1. The van der Waals surface area contributed by atoms with Gasteiger partial charge in [-0.1, -0.05) is 13.8 Å². The lowest BCUT2D eigenvalue weighted by Crippen LogP contribution is -2.40. The highest BCUT2D eigenvalue weighted by molar-refractivity contribution is 5.92. The van der Waals surface area contributed by atoms with E-state index in [1.807, 2.05) is 13.8 Å². The van der Waals surface area contributed by atoms with E-state index in [-0.39, 0.29) is 22.9 Å². The number of methoxy groups -OCH3 is 2. The Morgan fingerprint density at radius 3 is 2.39 bits per heavy atom. The van der Waals surface area contributed by atoms with E-state index in [2.05, 4.69) is 19.2 Å². The molecule has 8 nitrogen and oxygen atoms in total. The molecule has 0 bridgehead atoms. The molecule has 0 saturated heterocycles. The van der Waals surface area contributed by atoms with E-state index < -0.39 is 10.5 Å². The Morgan fingerprint density at radius 1 is 1.25 bits per heavy atom. The highest BCUT2D eigenvalue weighted by Gasteiger charge is 2.20. The number of nitrogens with one attached hydrogen (secondary N) is 1. The van der Waals surface area contributed by atoms with Crippen molar-refractivity contribution in [3.05, 3.63) is 33.9 Å². The predicted molar refractivity (Wildman–Crippen MR) is 108 cm³/mol. The van der Waals surface area contributed by atoms with Gasteiger partial charge >= 0.3 is 0 Å². The van der Waals surface area contributed by atoms with Crippen LogP contribution in [-0.4, -0.2) is 43.8 Å². The first-order chi connectivity index (χ1) is 13.1. The molecular formula is C20H30N2O6. The average Bonchev–Trinajstić information content (AvgIpc) is 2.63. The fourth-order valence-electron chi connectivity index (χ4n) is 2.32. The third-order valence-electron chi connectivity index (χ3n) is 4.02. The molecule has 0 aliphatic heterocycles. The van der Waals surface area contributed by atoms with E-state index >= 15 is 0 Å². The molecule has 0 atom stereocenters. The van der Waals surface area contributed by atoms with Crippen molar-refractivity contribution in [1.29, 1.82) is 0 Å². The SMILES string of the molecule is COc1cc(/C=C/C(=O)NCC(C)(C)OCCC(C)C)c([N+](=O)[O-])cc1OC. The summed E-state index contributed by atoms with van der Waals surface area (Å²) in [4.78, 5) is 22.9. The molecule has 0 radical (unpaired) electrons. The summed E-state index contributed by atoms with van der Waals surface area (Å²) in [5.74, 6) is 0.763. The number of nitrogens with zero attached hydrogens (tertiary/aromatic N) is 1. The summed E-state index contributed by atoms with van der Waals surface area (Å²) in [5, 5.41) is 14.1. The van der Waals surface area contributed by atoms with Crippen LogP contribution in [0.5, 0.6) is 11.5 Å². The number of amides is 1. The molecule has 0 aromatic heterocycles. The summed E-state index contributed by atoms with van der Waals surface area (Å²) in [5.41, 5.74) is -0.447. The second-order valence-electron chi connectivity index (χ2n) is 7.36. The van der Waals surface area contributed by atoms with E-state index in [4.69, 9.17) is 14.2 Å². The highest BCUT2D eigenvalue weighted by Crippen LogP contribution is 2.35. The monoisotopic (exact) mass is 394 g/mol. The lowest BCUT2D eigenvalue weighted by molar-refractivity contribution is -0.385. The summed E-state index contributed by atoms with van der Waals surface area (Å²) < 4.78 is 16.1. The van der Waals surface area contributed by atoms with Crippen LogP contribution in [0.3, 0.4) is 0 Å². The maximum Gasteiger partial charge on any atom is 0.280 e. The van der Waals surface area contributed by atoms with Gasteiger partial charge in [-0.25, -0.2) is 0 Å². The molecule has 0 saturated carbocycles. The molecule has 8 heteroatoms. The van der Waals surface area contributed by atoms with E-state index in [0.717, 1.165) is 6.42 Å². The third kappa shape index (κ3) is 7.56. The average molecular weight is 394 g/mol. The van der Waals surface area contributed by atoms with Crippen molar-refractivity contribution >= 4 is 17.7 Å². The minimum absolute atomic E-state index is 0.181. The van der Waals surface area contributed by atoms with Crippen molar-refractivity contribution < 1.29 is 23.9 Å². The second-order valence-corrected chi connectivity index (χ2v) is 7.36. The highest BCUT2D eigenvalue weighted by atomic mass is 16.6. The molecule has 156 valence electrons. The Labute approximate surface area is 166 Å². The number of hydrogen-bond donors (Lipinski definition) is 1. The largest absolute Gasteiger partial charge is 0.493 e. The van der Waals surface area contributed by atoms with Gasteiger partial charge in [0.1, 0.15) is 0 Å². The molecule has 1 N–H and O–H groups in total. The van der Waals surface area contributed by atoms with Crippen LogP contribution in [-0.2, 0) is 9.53 Å². The smallest absolute Gasteiger partial charge is 0.280 e. The van der Waals surface area contributed by atoms with Gasteiger partial charge in [0.2, 0.25) is 5.91 Å². The number of nitro groups is 1. The molecule has 0 aliphatic rings. The Hall–Kier alpha value is -2.61. The standard InChI is InChI=1S/C20H30N2O6/c1-14(2)9-10-28-20(3,4)13-21-19(23)8-7-15-11-17(26-5)18(27-6)12-16(15)22(24)25/h7-8,11-12,14H,9-10,13H2,1-6H3,(H,21,23)/b8-7+. The predicted octanol–water partition coefficient (Wildman–Crippen LogP) is 3.58. The van der Waals surface area contributed by atoms with Gasteiger partial charge in [-0.3, -0.25) is 14.9 Å². The minimum Gasteiger partial charge on any atom is -0.493 e. The second kappa shape index (κ2) is 10.7. The molecule has 0 unspecified atom stereocenters. The van der Waals surface area contributed by atoms with E-state index in [0.29, 0.717) is 24.8 Å². The molecule has 28 heavy (non-hydrogen) atoms. The Kier molecular flexibility index (Phi) is 8.91. The Balaban J connectivity index is 2.79. The van der Waals surface area contributed by atoms with Gasteiger partial charge in [0.15, 0.2) is 11.5 Å². The first kappa shape index (κ1) is 23.4. The van der Waals surface area contributed by atoms with Crippen LogP contribution in [0.4, 0.5) is 5.69 Å². The van der Waals surface area contributed by atoms with Crippen molar-refractivity contribution in [3.8, 4) is 11.5 Å². The van der Waals surface area contributed by atoms with Crippen LogP contribution < -0.4 is 14.8 Å². The molecule has 1 rings (SSSR count). The van der Waals surface area contributed by atoms with Crippen molar-refractivity contribution in [2.75, 3.05) is 27.4 Å². The lowest BCUT2D eigenvalue weighted by Gasteiger charge is -2.25. The van der Waals surface area contributed by atoms with E-state index in [1.54, 1.807) is 0 Å². The number of rotatable bonds is 11. The molecule has 1 aromatic carbocycles. The number of carbonyl (C=O) groups excluding carboxylic acids is 1. The molecule has 0 aliphatic carbocycles. The van der Waals surface area contributed by atoms with Crippen LogP contribution in [0, 0.1) is 16.0 Å². The van der Waals surface area contributed by atoms with Gasteiger partial charge in [0.25, 0.3) is 5.69 Å². The van der Waals surface area contributed by atoms with Gasteiger partial charge in [-0.2, -0.15) is 0 Å². The minimum atomic E-state index is -0.536. The number of nitro benzene ring substituents is 1. The van der Waals surface area contributed by atoms with Crippen molar-refractivity contribution in [1.82, 2.24) is 5.32 Å². The maximum absolute atomic E-state index is 12.1. The molecule has 0 spiro atoms. The van der Waals surface area contributed by atoms with Crippen molar-refractivity contribution in [2.45, 2.75) is 39.7 Å². The first-order valence-electron chi connectivity index (χ1n) is 9.10. The van der Waals surface area contributed by atoms with Crippen LogP contribution in [0.1, 0.15) is 39.7 Å². The number of ether oxygens (including phenoxy) is 3. The summed E-state index contributed by atoms with van der Waals surface area (Å²) in [6, 6.07) is 2.72. The topological polar surface area (TPSA) is 99.9 Å². The normalized spacial score (nSPS) is 11.7. The molecule has 1 amide bonds. The van der Waals surface area contributed by atoms with E-state index in [9.17, 15) is 14.9 Å². The summed E-state index contributed by atoms with van der Waals surface area (Å²) in [6.45, 7) is 8.98. The molecule has 0 fully saturated rings. The summed E-state index contributed by atoms with van der Waals surface area (Å²) in [7, 11) is 2.83. The number of carbonyl (C=O) groups is 1. The molecule has 0 heterocycles. The van der Waals surface area contributed by atoms with Crippen LogP contribution in [0.2, 0.25) is 0 Å². The maximum atomic E-state index is 12.1.